The molecule has 4 aliphatic heterocycles. The van der Waals surface area contributed by atoms with Crippen LogP contribution in [0, 0.1) is 11.3 Å². The fourth-order valence-electron chi connectivity index (χ4n) is 3.29. The molecule has 100 valence electrons. The predicted molar refractivity (Wildman–Crippen MR) is 63.0 cm³/mol. The van der Waals surface area contributed by atoms with Crippen LogP contribution in [0.4, 0.5) is 0 Å². The number of ether oxygens (including phenoxy) is 3. The summed E-state index contributed by atoms with van der Waals surface area (Å²) in [5.74, 6) is -0.740. The zero-order valence-corrected chi connectivity index (χ0v) is 10.7. The first-order valence-corrected chi connectivity index (χ1v) is 6.87. The molecule has 0 aromatic carbocycles. The lowest BCUT2D eigenvalue weighted by Gasteiger charge is -2.50. The lowest BCUT2D eigenvalue weighted by atomic mass is 9.82. The third kappa shape index (κ3) is 1.47. The third-order valence-corrected chi connectivity index (χ3v) is 4.49. The van der Waals surface area contributed by atoms with Gasteiger partial charge in [0, 0.05) is 11.3 Å². The van der Waals surface area contributed by atoms with Gasteiger partial charge in [-0.25, -0.2) is 0 Å². The van der Waals surface area contributed by atoms with Crippen LogP contribution in [0.1, 0.15) is 32.6 Å². The van der Waals surface area contributed by atoms with E-state index in [0.717, 1.165) is 18.6 Å². The molecule has 0 amide bonds. The molecule has 5 rings (SSSR count). The van der Waals surface area contributed by atoms with Gasteiger partial charge in [-0.05, 0) is 19.3 Å². The highest BCUT2D eigenvalue weighted by Crippen LogP contribution is 2.44. The molecule has 0 aromatic rings. The van der Waals surface area contributed by atoms with Gasteiger partial charge < -0.3 is 19.0 Å². The van der Waals surface area contributed by atoms with Crippen LogP contribution in [-0.2, 0) is 19.0 Å². The molecule has 2 bridgehead atoms. The molecule has 5 heteroatoms. The van der Waals surface area contributed by atoms with Crippen molar-refractivity contribution in [3.8, 4) is 0 Å². The highest BCUT2D eigenvalue weighted by atomic mass is 16.9. The smallest absolute Gasteiger partial charge is 0.329 e. The van der Waals surface area contributed by atoms with Gasteiger partial charge in [-0.2, -0.15) is 0 Å². The second-order valence-corrected chi connectivity index (χ2v) is 6.24. The maximum absolute atomic E-state index is 5.85. The van der Waals surface area contributed by atoms with Crippen LogP contribution in [0.25, 0.3) is 0 Å². The number of hydrogen-bond donors (Lipinski definition) is 0. The van der Waals surface area contributed by atoms with Crippen molar-refractivity contribution in [3.63, 3.8) is 0 Å². The molecule has 18 heavy (non-hydrogen) atoms. The minimum absolute atomic E-state index is 0.00621. The summed E-state index contributed by atoms with van der Waals surface area (Å²) >= 11 is 0. The summed E-state index contributed by atoms with van der Waals surface area (Å²) in [6, 6.07) is 0. The maximum atomic E-state index is 5.85. The van der Waals surface area contributed by atoms with Gasteiger partial charge in [0.05, 0.1) is 19.8 Å². The fraction of sp³-hybridized carbons (Fsp3) is 0.923. The van der Waals surface area contributed by atoms with E-state index in [1.54, 1.807) is 0 Å². The quantitative estimate of drug-likeness (QED) is 0.713. The Labute approximate surface area is 106 Å². The van der Waals surface area contributed by atoms with Crippen molar-refractivity contribution >= 4 is 5.71 Å². The zero-order valence-electron chi connectivity index (χ0n) is 10.7. The number of rotatable bonds is 1. The number of nitrogens with zero attached hydrogens (tertiary/aromatic N) is 1. The van der Waals surface area contributed by atoms with Crippen molar-refractivity contribution in [1.29, 1.82) is 0 Å². The van der Waals surface area contributed by atoms with E-state index in [1.807, 2.05) is 0 Å². The lowest BCUT2D eigenvalue weighted by Crippen LogP contribution is -2.63. The zero-order chi connectivity index (χ0) is 12.2. The second kappa shape index (κ2) is 3.68. The monoisotopic (exact) mass is 253 g/mol. The second-order valence-electron chi connectivity index (χ2n) is 6.24. The minimum Gasteiger partial charge on any atom is -0.392 e. The Balaban J connectivity index is 1.60. The van der Waals surface area contributed by atoms with Crippen LogP contribution in [0.5, 0.6) is 0 Å². The van der Waals surface area contributed by atoms with Crippen LogP contribution >= 0.6 is 0 Å². The first-order valence-electron chi connectivity index (χ1n) is 6.87. The maximum Gasteiger partial charge on any atom is 0.329 e. The highest BCUT2D eigenvalue weighted by molar-refractivity contribution is 5.93. The van der Waals surface area contributed by atoms with E-state index in [-0.39, 0.29) is 11.5 Å². The van der Waals surface area contributed by atoms with Crippen molar-refractivity contribution in [1.82, 2.24) is 0 Å². The molecule has 1 saturated carbocycles. The van der Waals surface area contributed by atoms with Crippen LogP contribution < -0.4 is 0 Å². The molecule has 0 spiro atoms. The van der Waals surface area contributed by atoms with Gasteiger partial charge in [0.2, 0.25) is 0 Å². The SMILES string of the molecule is CC12COC(C3=NO[C@H]4CCCC[C@@H]34)(OC1)OC2. The summed E-state index contributed by atoms with van der Waals surface area (Å²) < 4.78 is 17.5. The first kappa shape index (κ1) is 11.2. The molecule has 0 N–H and O–H groups in total. The van der Waals surface area contributed by atoms with Crippen molar-refractivity contribution in [3.05, 3.63) is 0 Å². The van der Waals surface area contributed by atoms with Crippen LogP contribution in [-0.4, -0.2) is 37.6 Å². The standard InChI is InChI=1S/C13H19NO4/c1-12-6-15-13(16-7-12,17-8-12)11-9-4-2-3-5-10(9)18-14-11/h9-10H,2-8H2,1H3/t9-,10+,12?,13?/m1/s1. The van der Waals surface area contributed by atoms with E-state index in [9.17, 15) is 0 Å². The molecule has 3 saturated heterocycles. The van der Waals surface area contributed by atoms with Gasteiger partial charge >= 0.3 is 5.97 Å². The van der Waals surface area contributed by atoms with Gasteiger partial charge in [0.1, 0.15) is 6.10 Å². The molecule has 5 aliphatic rings. The average Bonchev–Trinajstić information content (AvgIpc) is 2.85. The van der Waals surface area contributed by atoms with Crippen LogP contribution in [0.15, 0.2) is 5.16 Å². The molecule has 0 radical (unpaired) electrons. The molecule has 1 aliphatic carbocycles. The summed E-state index contributed by atoms with van der Waals surface area (Å²) in [6.45, 7) is 4.13. The topological polar surface area (TPSA) is 49.3 Å². The molecule has 0 aromatic heterocycles. The molecular formula is C13H19NO4. The summed E-state index contributed by atoms with van der Waals surface area (Å²) in [5.41, 5.74) is 0.822. The van der Waals surface area contributed by atoms with Crippen LogP contribution in [0.2, 0.25) is 0 Å². The van der Waals surface area contributed by atoms with Crippen molar-refractivity contribution in [2.45, 2.75) is 44.7 Å². The Hall–Kier alpha value is -0.650. The molecule has 4 heterocycles. The Morgan fingerprint density at radius 1 is 1.06 bits per heavy atom. The highest BCUT2D eigenvalue weighted by Gasteiger charge is 2.58. The van der Waals surface area contributed by atoms with Crippen LogP contribution in [0.3, 0.4) is 0 Å². The largest absolute Gasteiger partial charge is 0.392 e. The third-order valence-electron chi connectivity index (χ3n) is 4.49. The fourth-order valence-corrected chi connectivity index (χ4v) is 3.29. The van der Waals surface area contributed by atoms with Crippen molar-refractivity contribution in [2.75, 3.05) is 19.8 Å². The van der Waals surface area contributed by atoms with Gasteiger partial charge in [-0.1, -0.05) is 18.5 Å². The van der Waals surface area contributed by atoms with E-state index in [0.29, 0.717) is 25.7 Å². The lowest BCUT2D eigenvalue weighted by molar-refractivity contribution is -0.430. The van der Waals surface area contributed by atoms with E-state index in [4.69, 9.17) is 19.0 Å². The Morgan fingerprint density at radius 3 is 2.44 bits per heavy atom. The molecule has 4 fully saturated rings. The van der Waals surface area contributed by atoms with Gasteiger partial charge in [0.25, 0.3) is 0 Å². The van der Waals surface area contributed by atoms with E-state index in [1.165, 1.54) is 12.8 Å². The summed E-state index contributed by atoms with van der Waals surface area (Å²) in [6.07, 6.45) is 4.81. The van der Waals surface area contributed by atoms with E-state index >= 15 is 0 Å². The molecule has 2 atom stereocenters. The minimum atomic E-state index is -1.05. The molecule has 0 unspecified atom stereocenters. The number of hydrogen-bond acceptors (Lipinski definition) is 5. The summed E-state index contributed by atoms with van der Waals surface area (Å²) in [7, 11) is 0. The average molecular weight is 253 g/mol. The molecular weight excluding hydrogens is 234 g/mol. The number of fused-ring (bicyclic) bond motifs is 4. The first-order chi connectivity index (χ1) is 8.71. The summed E-state index contributed by atoms with van der Waals surface area (Å²) in [4.78, 5) is 5.54. The molecule has 5 nitrogen and oxygen atoms in total. The Bertz CT molecular complexity index is 370. The normalized spacial score (nSPS) is 50.6. The van der Waals surface area contributed by atoms with Crippen molar-refractivity contribution in [2.24, 2.45) is 16.5 Å². The Morgan fingerprint density at radius 2 is 1.72 bits per heavy atom. The van der Waals surface area contributed by atoms with Gasteiger partial charge in [-0.3, -0.25) is 0 Å². The summed E-state index contributed by atoms with van der Waals surface area (Å²) in [5, 5.41) is 4.24. The van der Waals surface area contributed by atoms with Crippen molar-refractivity contribution < 1.29 is 19.0 Å². The predicted octanol–water partition coefficient (Wildman–Crippen LogP) is 1.67. The van der Waals surface area contributed by atoms with E-state index < -0.39 is 5.97 Å². The van der Waals surface area contributed by atoms with E-state index in [2.05, 4.69) is 12.1 Å². The Kier molecular flexibility index (Phi) is 2.29. The van der Waals surface area contributed by atoms with Gasteiger partial charge in [-0.15, -0.1) is 0 Å². The van der Waals surface area contributed by atoms with Gasteiger partial charge in [0.15, 0.2) is 5.71 Å². The number of oxime groups is 1.